The molecule has 2 aromatic rings. The van der Waals surface area contributed by atoms with Crippen molar-refractivity contribution in [1.82, 2.24) is 15.0 Å². The number of nitrogens with one attached hydrogen (secondary N) is 2. The Hall–Kier alpha value is -2.66. The van der Waals surface area contributed by atoms with Crippen molar-refractivity contribution < 1.29 is 17.9 Å². The molecule has 0 bridgehead atoms. The molecule has 0 aromatic carbocycles. The van der Waals surface area contributed by atoms with Crippen LogP contribution in [0.4, 0.5) is 5.95 Å². The first-order chi connectivity index (χ1) is 14.5. The number of amides is 1. The first-order valence-electron chi connectivity index (χ1n) is 9.56. The first kappa shape index (κ1) is 24.6. The normalized spacial score (nSPS) is 14.2. The highest BCUT2D eigenvalue weighted by Gasteiger charge is 2.21. The van der Waals surface area contributed by atoms with Crippen LogP contribution in [0.25, 0.3) is 15.9 Å². The van der Waals surface area contributed by atoms with Crippen LogP contribution < -0.4 is 5.32 Å². The number of aromatic nitrogens is 3. The van der Waals surface area contributed by atoms with Gasteiger partial charge in [-0.3, -0.25) is 10.1 Å². The molecule has 0 aliphatic heterocycles. The summed E-state index contributed by atoms with van der Waals surface area (Å²) < 4.78 is 29.2. The summed E-state index contributed by atoms with van der Waals surface area (Å²) >= 11 is 1.26. The van der Waals surface area contributed by atoms with E-state index in [9.17, 15) is 13.2 Å². The van der Waals surface area contributed by atoms with Crippen molar-refractivity contribution in [1.29, 1.82) is 5.41 Å². The molecule has 9 nitrogen and oxygen atoms in total. The van der Waals surface area contributed by atoms with Crippen molar-refractivity contribution in [2.45, 2.75) is 34.1 Å². The van der Waals surface area contributed by atoms with Crippen molar-refractivity contribution in [2.24, 2.45) is 5.92 Å². The maximum absolute atomic E-state index is 11.9. The Morgan fingerprint density at radius 3 is 2.48 bits per heavy atom. The molecule has 0 radical (unpaired) electrons. The molecule has 168 valence electrons. The number of carbonyl (C=O) groups is 1. The molecule has 31 heavy (non-hydrogen) atoms. The Bertz CT molecular complexity index is 1170. The van der Waals surface area contributed by atoms with Gasteiger partial charge in [0.25, 0.3) is 0 Å². The molecular formula is C20H27N5O4S2. The maximum atomic E-state index is 11.9. The van der Waals surface area contributed by atoms with Gasteiger partial charge in [-0.15, -0.1) is 0 Å². The van der Waals surface area contributed by atoms with E-state index in [-0.39, 0.29) is 23.5 Å². The summed E-state index contributed by atoms with van der Waals surface area (Å²) in [6.45, 7) is 6.83. The number of hydrogen-bond acceptors (Lipinski definition) is 9. The van der Waals surface area contributed by atoms with Crippen LogP contribution >= 0.6 is 11.3 Å². The third kappa shape index (κ3) is 6.41. The molecule has 2 heterocycles. The third-order valence-electron chi connectivity index (χ3n) is 4.58. The molecule has 0 saturated heterocycles. The minimum Gasteiger partial charge on any atom is -0.501 e. The number of nitrogens with zero attached hydrogens (tertiary/aromatic N) is 3. The van der Waals surface area contributed by atoms with Gasteiger partial charge in [-0.05, 0) is 31.9 Å². The van der Waals surface area contributed by atoms with Crippen LogP contribution in [0.3, 0.4) is 0 Å². The minimum absolute atomic E-state index is 0.0220. The zero-order chi connectivity index (χ0) is 23.3. The number of anilines is 1. The van der Waals surface area contributed by atoms with Crippen molar-refractivity contribution in [3.63, 3.8) is 0 Å². The molecule has 0 aliphatic rings. The third-order valence-corrected chi connectivity index (χ3v) is 6.59. The van der Waals surface area contributed by atoms with Gasteiger partial charge < -0.3 is 10.1 Å². The number of thiazole rings is 1. The molecule has 1 unspecified atom stereocenters. The Morgan fingerprint density at radius 1 is 1.29 bits per heavy atom. The predicted molar refractivity (Wildman–Crippen MR) is 124 cm³/mol. The van der Waals surface area contributed by atoms with Gasteiger partial charge in [0.1, 0.15) is 25.2 Å². The van der Waals surface area contributed by atoms with E-state index < -0.39 is 9.84 Å². The fourth-order valence-electron chi connectivity index (χ4n) is 3.04. The molecule has 2 aromatic heterocycles. The Kier molecular flexibility index (Phi) is 8.02. The SMILES string of the molecule is CCC(CS(C)(=O)=O)C(/C=C(\C=N)c1nc2c(C)nc(NC(C)=O)nc2s1)=C(/C)OC. The summed E-state index contributed by atoms with van der Waals surface area (Å²) in [6.07, 6.45) is 4.72. The average Bonchev–Trinajstić information content (AvgIpc) is 3.10. The number of rotatable bonds is 9. The van der Waals surface area contributed by atoms with Crippen molar-refractivity contribution in [2.75, 3.05) is 24.4 Å². The summed E-state index contributed by atoms with van der Waals surface area (Å²) in [5.74, 6) is 0.200. The molecule has 0 aliphatic carbocycles. The molecule has 1 atom stereocenters. The monoisotopic (exact) mass is 465 g/mol. The number of hydrogen-bond donors (Lipinski definition) is 2. The second kappa shape index (κ2) is 10.1. The zero-order valence-electron chi connectivity index (χ0n) is 18.4. The molecule has 0 fully saturated rings. The van der Waals surface area contributed by atoms with Crippen molar-refractivity contribution >= 4 is 55.2 Å². The molecule has 0 saturated carbocycles. The summed E-state index contributed by atoms with van der Waals surface area (Å²) in [5, 5.41) is 11.0. The van der Waals surface area contributed by atoms with E-state index in [4.69, 9.17) is 10.1 Å². The second-order valence-corrected chi connectivity index (χ2v) is 10.3. The molecule has 2 rings (SSSR count). The number of ether oxygens (including phenoxy) is 1. The predicted octanol–water partition coefficient (Wildman–Crippen LogP) is 3.38. The van der Waals surface area contributed by atoms with Crippen molar-refractivity contribution in [3.8, 4) is 0 Å². The maximum Gasteiger partial charge on any atom is 0.231 e. The molecule has 2 N–H and O–H groups in total. The summed E-state index contributed by atoms with van der Waals surface area (Å²) in [7, 11) is -1.68. The number of allylic oxidation sites excluding steroid dienone is 4. The topological polar surface area (TPSA) is 135 Å². The van der Waals surface area contributed by atoms with Gasteiger partial charge in [-0.2, -0.15) is 4.98 Å². The van der Waals surface area contributed by atoms with Crippen LogP contribution in [0, 0.1) is 18.3 Å². The van der Waals surface area contributed by atoms with E-state index in [1.165, 1.54) is 37.8 Å². The lowest BCUT2D eigenvalue weighted by Crippen LogP contribution is -2.17. The zero-order valence-corrected chi connectivity index (χ0v) is 20.1. The fraction of sp³-hybridized carbons (Fsp3) is 0.450. The quantitative estimate of drug-likeness (QED) is 0.329. The lowest BCUT2D eigenvalue weighted by molar-refractivity contribution is -0.114. The average molecular weight is 466 g/mol. The van der Waals surface area contributed by atoms with Gasteiger partial charge in [0.15, 0.2) is 0 Å². The highest BCUT2D eigenvalue weighted by Crippen LogP contribution is 2.31. The number of fused-ring (bicyclic) bond motifs is 1. The van der Waals surface area contributed by atoms with Crippen LogP contribution in [-0.2, 0) is 19.4 Å². The van der Waals surface area contributed by atoms with E-state index in [0.717, 1.165) is 0 Å². The highest BCUT2D eigenvalue weighted by molar-refractivity contribution is 7.90. The lowest BCUT2D eigenvalue weighted by atomic mass is 9.95. The summed E-state index contributed by atoms with van der Waals surface area (Å²) in [4.78, 5) is 25.1. The standard InChI is InChI=1S/C20H27N5O4S2/c1-7-14(10-31(6,27)28)16(12(3)29-5)8-15(9-21)18-24-17-11(2)22-20(23-13(4)26)25-19(17)30-18/h8-9,14,21H,7,10H2,1-6H3,(H,22,23,25,26)/b15-8+,16-12-,21-9?. The summed E-state index contributed by atoms with van der Waals surface area (Å²) in [5.41, 5.74) is 2.39. The van der Waals surface area contributed by atoms with Gasteiger partial charge in [0, 0.05) is 30.9 Å². The van der Waals surface area contributed by atoms with Crippen LogP contribution in [0.15, 0.2) is 17.4 Å². The van der Waals surface area contributed by atoms with Crippen LogP contribution in [0.2, 0.25) is 0 Å². The van der Waals surface area contributed by atoms with E-state index in [1.54, 1.807) is 19.9 Å². The van der Waals surface area contributed by atoms with Crippen molar-refractivity contribution in [3.05, 3.63) is 28.1 Å². The van der Waals surface area contributed by atoms with Crippen LogP contribution in [0.5, 0.6) is 0 Å². The van der Waals surface area contributed by atoms with Gasteiger partial charge in [-0.25, -0.2) is 18.4 Å². The first-order valence-corrected chi connectivity index (χ1v) is 12.4. The number of methoxy groups -OCH3 is 1. The molecule has 1 amide bonds. The van der Waals surface area contributed by atoms with E-state index in [0.29, 0.717) is 44.4 Å². The molecular weight excluding hydrogens is 438 g/mol. The van der Waals surface area contributed by atoms with E-state index in [1.807, 2.05) is 6.92 Å². The largest absolute Gasteiger partial charge is 0.501 e. The van der Waals surface area contributed by atoms with E-state index in [2.05, 4.69) is 20.3 Å². The minimum atomic E-state index is -3.21. The Morgan fingerprint density at radius 2 is 1.97 bits per heavy atom. The molecule has 0 spiro atoms. The number of carbonyl (C=O) groups excluding carboxylic acids is 1. The van der Waals surface area contributed by atoms with E-state index >= 15 is 0 Å². The fourth-order valence-corrected chi connectivity index (χ4v) is 5.17. The van der Waals surface area contributed by atoms with Crippen LogP contribution in [0.1, 0.15) is 37.9 Å². The van der Waals surface area contributed by atoms with Crippen LogP contribution in [-0.4, -0.2) is 54.6 Å². The van der Waals surface area contributed by atoms with Gasteiger partial charge >= 0.3 is 0 Å². The second-order valence-electron chi connectivity index (χ2n) is 7.14. The number of aryl methyl sites for hydroxylation is 1. The lowest BCUT2D eigenvalue weighted by Gasteiger charge is -2.18. The van der Waals surface area contributed by atoms with Gasteiger partial charge in [0.2, 0.25) is 11.9 Å². The molecule has 11 heteroatoms. The highest BCUT2D eigenvalue weighted by atomic mass is 32.2. The van der Waals surface area contributed by atoms with Gasteiger partial charge in [0.05, 0.1) is 24.3 Å². The summed E-state index contributed by atoms with van der Waals surface area (Å²) in [6, 6.07) is 0. The number of sulfone groups is 1. The Labute approximate surface area is 186 Å². The van der Waals surface area contributed by atoms with Gasteiger partial charge in [-0.1, -0.05) is 18.3 Å². The smallest absolute Gasteiger partial charge is 0.231 e. The Balaban J connectivity index is 2.59.